The summed E-state index contributed by atoms with van der Waals surface area (Å²) in [6.07, 6.45) is 0.968. The van der Waals surface area contributed by atoms with Gasteiger partial charge in [-0.25, -0.2) is 0 Å². The summed E-state index contributed by atoms with van der Waals surface area (Å²) in [7, 11) is 0. The summed E-state index contributed by atoms with van der Waals surface area (Å²) in [5.74, 6) is 0.119. The van der Waals surface area contributed by atoms with Gasteiger partial charge in [-0.1, -0.05) is 5.16 Å². The lowest BCUT2D eigenvalue weighted by molar-refractivity contribution is -0.131. The summed E-state index contributed by atoms with van der Waals surface area (Å²) in [6.45, 7) is 1.72. The number of rotatable bonds is 4. The zero-order valence-corrected chi connectivity index (χ0v) is 12.4. The number of nitriles is 1. The molecule has 1 aliphatic rings. The first kappa shape index (κ1) is 14.8. The lowest BCUT2D eigenvalue weighted by Crippen LogP contribution is -2.35. The normalized spacial score (nSPS) is 14.6. The molecule has 0 unspecified atom stereocenters. The van der Waals surface area contributed by atoms with E-state index in [9.17, 15) is 9.59 Å². The third-order valence-electron chi connectivity index (χ3n) is 3.76. The highest BCUT2D eigenvalue weighted by atomic mass is 16.5. The van der Waals surface area contributed by atoms with Gasteiger partial charge in [0.15, 0.2) is 5.82 Å². The molecule has 2 N–H and O–H groups in total. The molecule has 0 radical (unpaired) electrons. The molecular formula is C16H14N4O3. The number of hydrogen-bond donors (Lipinski definition) is 2. The van der Waals surface area contributed by atoms with Crippen molar-refractivity contribution in [1.82, 2.24) is 5.16 Å². The molecule has 1 aliphatic carbocycles. The van der Waals surface area contributed by atoms with E-state index in [0.29, 0.717) is 35.7 Å². The Morgan fingerprint density at radius 2 is 1.87 bits per heavy atom. The highest BCUT2D eigenvalue weighted by Gasteiger charge is 2.56. The summed E-state index contributed by atoms with van der Waals surface area (Å²) in [4.78, 5) is 24.7. The van der Waals surface area contributed by atoms with Crippen molar-refractivity contribution in [2.75, 3.05) is 10.6 Å². The molecule has 3 rings (SSSR count). The molecule has 23 heavy (non-hydrogen) atoms. The third kappa shape index (κ3) is 2.92. The highest BCUT2D eigenvalue weighted by Crippen LogP contribution is 2.47. The van der Waals surface area contributed by atoms with E-state index in [0.717, 1.165) is 0 Å². The second kappa shape index (κ2) is 5.57. The average Bonchev–Trinajstić information content (AvgIpc) is 3.27. The number of nitrogens with zero attached hydrogens (tertiary/aromatic N) is 2. The first-order valence-corrected chi connectivity index (χ1v) is 7.10. The number of amides is 2. The van der Waals surface area contributed by atoms with Crippen LogP contribution in [-0.4, -0.2) is 17.0 Å². The molecule has 7 heteroatoms. The van der Waals surface area contributed by atoms with Crippen LogP contribution in [0.3, 0.4) is 0 Å². The van der Waals surface area contributed by atoms with Crippen molar-refractivity contribution in [2.45, 2.75) is 19.8 Å². The van der Waals surface area contributed by atoms with Gasteiger partial charge in [0.25, 0.3) is 0 Å². The SMILES string of the molecule is Cc1cc(NC(=O)C2(C(=O)Nc3ccc(C#N)cc3)CC2)no1. The van der Waals surface area contributed by atoms with Crippen molar-refractivity contribution >= 4 is 23.3 Å². The van der Waals surface area contributed by atoms with Gasteiger partial charge in [-0.05, 0) is 44.0 Å². The molecule has 1 aromatic heterocycles. The largest absolute Gasteiger partial charge is 0.360 e. The van der Waals surface area contributed by atoms with Crippen molar-refractivity contribution < 1.29 is 14.1 Å². The summed E-state index contributed by atoms with van der Waals surface area (Å²) in [5.41, 5.74) is -0.0190. The topological polar surface area (TPSA) is 108 Å². The minimum Gasteiger partial charge on any atom is -0.360 e. The monoisotopic (exact) mass is 310 g/mol. The first-order valence-electron chi connectivity index (χ1n) is 7.10. The number of carbonyl (C=O) groups is 2. The van der Waals surface area contributed by atoms with Crippen LogP contribution in [0.1, 0.15) is 24.2 Å². The van der Waals surface area contributed by atoms with Crippen LogP contribution in [-0.2, 0) is 9.59 Å². The maximum Gasteiger partial charge on any atom is 0.241 e. The van der Waals surface area contributed by atoms with Gasteiger partial charge in [0.2, 0.25) is 11.8 Å². The van der Waals surface area contributed by atoms with Gasteiger partial charge in [-0.3, -0.25) is 9.59 Å². The van der Waals surface area contributed by atoms with Crippen LogP contribution in [0.4, 0.5) is 11.5 Å². The summed E-state index contributed by atoms with van der Waals surface area (Å²) < 4.78 is 4.88. The van der Waals surface area contributed by atoms with Crippen LogP contribution in [0, 0.1) is 23.7 Å². The smallest absolute Gasteiger partial charge is 0.241 e. The predicted molar refractivity (Wildman–Crippen MR) is 81.3 cm³/mol. The molecule has 7 nitrogen and oxygen atoms in total. The maximum atomic E-state index is 12.4. The molecule has 2 amide bonds. The number of anilines is 2. The molecule has 1 fully saturated rings. The number of aromatic nitrogens is 1. The molecule has 2 aromatic rings. The lowest BCUT2D eigenvalue weighted by Gasteiger charge is -2.14. The van der Waals surface area contributed by atoms with Gasteiger partial charge in [0.05, 0.1) is 11.6 Å². The van der Waals surface area contributed by atoms with Gasteiger partial charge < -0.3 is 15.2 Å². The van der Waals surface area contributed by atoms with Gasteiger partial charge in [-0.15, -0.1) is 0 Å². The predicted octanol–water partition coefficient (Wildman–Crippen LogP) is 2.21. The number of benzene rings is 1. The van der Waals surface area contributed by atoms with Crippen LogP contribution in [0.5, 0.6) is 0 Å². The second-order valence-corrected chi connectivity index (χ2v) is 5.50. The van der Waals surface area contributed by atoms with Gasteiger partial charge in [0.1, 0.15) is 11.2 Å². The first-order chi connectivity index (χ1) is 11.0. The van der Waals surface area contributed by atoms with E-state index in [1.54, 1.807) is 37.3 Å². The van der Waals surface area contributed by atoms with E-state index in [1.165, 1.54) is 0 Å². The fourth-order valence-electron chi connectivity index (χ4n) is 2.22. The Morgan fingerprint density at radius 3 is 2.39 bits per heavy atom. The van der Waals surface area contributed by atoms with Gasteiger partial charge in [-0.2, -0.15) is 5.26 Å². The molecule has 0 saturated heterocycles. The van der Waals surface area contributed by atoms with E-state index >= 15 is 0 Å². The molecular weight excluding hydrogens is 296 g/mol. The zero-order chi connectivity index (χ0) is 16.4. The van der Waals surface area contributed by atoms with E-state index in [2.05, 4.69) is 15.8 Å². The van der Waals surface area contributed by atoms with Crippen molar-refractivity contribution in [3.05, 3.63) is 41.7 Å². The molecule has 0 aliphatic heterocycles. The third-order valence-corrected chi connectivity index (χ3v) is 3.76. The highest BCUT2D eigenvalue weighted by molar-refractivity contribution is 6.16. The second-order valence-electron chi connectivity index (χ2n) is 5.50. The zero-order valence-electron chi connectivity index (χ0n) is 12.4. The van der Waals surface area contributed by atoms with E-state index in [1.807, 2.05) is 6.07 Å². The van der Waals surface area contributed by atoms with Crippen LogP contribution in [0.2, 0.25) is 0 Å². The maximum absolute atomic E-state index is 12.4. The Morgan fingerprint density at radius 1 is 1.22 bits per heavy atom. The summed E-state index contributed by atoms with van der Waals surface area (Å²) >= 11 is 0. The Hall–Kier alpha value is -3.14. The molecule has 0 spiro atoms. The van der Waals surface area contributed by atoms with Crippen LogP contribution < -0.4 is 10.6 Å². The number of hydrogen-bond acceptors (Lipinski definition) is 5. The molecule has 1 heterocycles. The molecule has 1 saturated carbocycles. The summed E-state index contributed by atoms with van der Waals surface area (Å²) in [6, 6.07) is 10.1. The van der Waals surface area contributed by atoms with E-state index < -0.39 is 11.3 Å². The molecule has 116 valence electrons. The van der Waals surface area contributed by atoms with E-state index in [4.69, 9.17) is 9.78 Å². The molecule has 1 aromatic carbocycles. The fourth-order valence-corrected chi connectivity index (χ4v) is 2.22. The standard InChI is InChI=1S/C16H14N4O3/c1-10-8-13(20-23-10)19-15(22)16(6-7-16)14(21)18-12-4-2-11(9-17)3-5-12/h2-5,8H,6-7H2,1H3,(H,18,21)(H,19,20,22). The lowest BCUT2D eigenvalue weighted by atomic mass is 10.0. The Balaban J connectivity index is 1.68. The van der Waals surface area contributed by atoms with Gasteiger partial charge >= 0.3 is 0 Å². The Bertz CT molecular complexity index is 797. The van der Waals surface area contributed by atoms with Gasteiger partial charge in [0, 0.05) is 11.8 Å². The fraction of sp³-hybridized carbons (Fsp3) is 0.250. The molecule has 0 atom stereocenters. The number of nitrogens with one attached hydrogen (secondary N) is 2. The quantitative estimate of drug-likeness (QED) is 0.842. The van der Waals surface area contributed by atoms with Crippen molar-refractivity contribution in [3.8, 4) is 6.07 Å². The van der Waals surface area contributed by atoms with E-state index in [-0.39, 0.29) is 5.91 Å². The van der Waals surface area contributed by atoms with Crippen molar-refractivity contribution in [1.29, 1.82) is 5.26 Å². The van der Waals surface area contributed by atoms with Crippen LogP contribution in [0.25, 0.3) is 0 Å². The average molecular weight is 310 g/mol. The minimum atomic E-state index is -1.07. The van der Waals surface area contributed by atoms with Crippen LogP contribution >= 0.6 is 0 Å². The Labute approximate surface area is 132 Å². The Kier molecular flexibility index (Phi) is 3.58. The molecule has 0 bridgehead atoms. The van der Waals surface area contributed by atoms with Crippen LogP contribution in [0.15, 0.2) is 34.9 Å². The summed E-state index contributed by atoms with van der Waals surface area (Å²) in [5, 5.41) is 17.8. The number of aryl methyl sites for hydroxylation is 1. The number of carbonyl (C=O) groups excluding carboxylic acids is 2. The van der Waals surface area contributed by atoms with Crippen molar-refractivity contribution in [2.24, 2.45) is 5.41 Å². The minimum absolute atomic E-state index is 0.296. The van der Waals surface area contributed by atoms with Crippen molar-refractivity contribution in [3.63, 3.8) is 0 Å².